The van der Waals surface area contributed by atoms with Crippen LogP contribution in [0.2, 0.25) is 0 Å². The molecule has 0 saturated heterocycles. The van der Waals surface area contributed by atoms with E-state index in [-0.39, 0.29) is 18.9 Å². The molecule has 2 aromatic carbocycles. The number of carboxylic acids is 1. The lowest BCUT2D eigenvalue weighted by molar-refractivity contribution is -0.137. The zero-order valence-corrected chi connectivity index (χ0v) is 19.6. The Hall–Kier alpha value is -3.35. The van der Waals surface area contributed by atoms with E-state index in [1.54, 1.807) is 6.92 Å². The molecule has 1 aliphatic carbocycles. The molecule has 3 N–H and O–H groups in total. The fraction of sp³-hybridized carbons (Fsp3) is 0.423. The van der Waals surface area contributed by atoms with Crippen LogP contribution in [-0.4, -0.2) is 41.8 Å². The zero-order chi connectivity index (χ0) is 24.2. The quantitative estimate of drug-likeness (QED) is 0.554. The first-order valence-corrected chi connectivity index (χ1v) is 11.3. The third-order valence-corrected chi connectivity index (χ3v) is 5.99. The van der Waals surface area contributed by atoms with Gasteiger partial charge in [-0.3, -0.25) is 9.59 Å². The summed E-state index contributed by atoms with van der Waals surface area (Å²) in [6.07, 6.45) is -0.387. The smallest absolute Gasteiger partial charge is 0.407 e. The number of alkyl carbamates (subject to hydrolysis) is 1. The van der Waals surface area contributed by atoms with Crippen LogP contribution in [0.1, 0.15) is 57.6 Å². The van der Waals surface area contributed by atoms with Gasteiger partial charge in [0.2, 0.25) is 5.91 Å². The fourth-order valence-electron chi connectivity index (χ4n) is 4.23. The largest absolute Gasteiger partial charge is 0.481 e. The Morgan fingerprint density at radius 1 is 0.970 bits per heavy atom. The van der Waals surface area contributed by atoms with Gasteiger partial charge in [0.25, 0.3) is 0 Å². The molecule has 1 unspecified atom stereocenters. The van der Waals surface area contributed by atoms with Crippen molar-refractivity contribution in [3.8, 4) is 11.1 Å². The van der Waals surface area contributed by atoms with Gasteiger partial charge in [-0.25, -0.2) is 4.79 Å². The molecule has 0 spiro atoms. The molecule has 176 valence electrons. The van der Waals surface area contributed by atoms with E-state index in [1.807, 2.05) is 57.2 Å². The first-order chi connectivity index (χ1) is 15.6. The third kappa shape index (κ3) is 5.72. The maximum Gasteiger partial charge on any atom is 0.407 e. The molecular formula is C26H32N2O5. The lowest BCUT2D eigenvalue weighted by atomic mass is 9.86. The van der Waals surface area contributed by atoms with Crippen LogP contribution in [0.3, 0.4) is 0 Å². The van der Waals surface area contributed by atoms with Gasteiger partial charge in [0, 0.05) is 12.0 Å². The van der Waals surface area contributed by atoms with Crippen molar-refractivity contribution < 1.29 is 24.2 Å². The molecule has 3 rings (SSSR count). The summed E-state index contributed by atoms with van der Waals surface area (Å²) in [5.74, 6) is -1.49. The summed E-state index contributed by atoms with van der Waals surface area (Å²) >= 11 is 0. The molecule has 0 heterocycles. The van der Waals surface area contributed by atoms with Crippen LogP contribution in [0.25, 0.3) is 11.1 Å². The van der Waals surface area contributed by atoms with Crippen LogP contribution in [0.15, 0.2) is 48.5 Å². The summed E-state index contributed by atoms with van der Waals surface area (Å²) in [5, 5.41) is 14.5. The molecule has 0 bridgehead atoms. The minimum Gasteiger partial charge on any atom is -0.481 e. The van der Waals surface area contributed by atoms with Crippen molar-refractivity contribution in [2.45, 2.75) is 58.5 Å². The summed E-state index contributed by atoms with van der Waals surface area (Å²) in [6.45, 7) is 7.45. The number of ether oxygens (including phenoxy) is 1. The van der Waals surface area contributed by atoms with E-state index in [4.69, 9.17) is 9.84 Å². The molecule has 2 amide bonds. The Labute approximate surface area is 194 Å². The van der Waals surface area contributed by atoms with Crippen molar-refractivity contribution in [1.29, 1.82) is 0 Å². The molecule has 33 heavy (non-hydrogen) atoms. The molecule has 0 aromatic heterocycles. The minimum absolute atomic E-state index is 0.0786. The third-order valence-electron chi connectivity index (χ3n) is 5.99. The number of hydrogen-bond acceptors (Lipinski definition) is 4. The Morgan fingerprint density at radius 3 is 2.00 bits per heavy atom. The van der Waals surface area contributed by atoms with Gasteiger partial charge in [0.05, 0.1) is 6.42 Å². The summed E-state index contributed by atoms with van der Waals surface area (Å²) in [7, 11) is 0. The van der Waals surface area contributed by atoms with Crippen LogP contribution in [0.4, 0.5) is 4.79 Å². The zero-order valence-electron chi connectivity index (χ0n) is 19.6. The van der Waals surface area contributed by atoms with E-state index in [0.29, 0.717) is 6.42 Å². The summed E-state index contributed by atoms with van der Waals surface area (Å²) in [4.78, 5) is 36.6. The van der Waals surface area contributed by atoms with Crippen molar-refractivity contribution in [3.05, 3.63) is 59.7 Å². The number of aliphatic carboxylic acids is 1. The molecule has 0 aliphatic heterocycles. The second kappa shape index (κ2) is 10.1. The predicted octanol–water partition coefficient (Wildman–Crippen LogP) is 4.31. The van der Waals surface area contributed by atoms with Crippen LogP contribution in [0, 0.1) is 5.41 Å². The number of hydrogen-bond donors (Lipinski definition) is 3. The lowest BCUT2D eigenvalue weighted by Crippen LogP contribution is -2.55. The SMILES string of the molecule is CCC(CC(=O)O)NC(=O)[C@@H](NC(=O)OCC1c2ccccc2-c2ccccc21)C(C)(C)C. The maximum absolute atomic E-state index is 12.9. The van der Waals surface area contributed by atoms with Gasteiger partial charge >= 0.3 is 12.1 Å². The molecule has 2 atom stereocenters. The minimum atomic E-state index is -0.987. The van der Waals surface area contributed by atoms with E-state index < -0.39 is 35.5 Å². The van der Waals surface area contributed by atoms with Gasteiger partial charge in [0.1, 0.15) is 12.6 Å². The molecule has 7 heteroatoms. The number of benzene rings is 2. The number of fused-ring (bicyclic) bond motifs is 3. The molecule has 7 nitrogen and oxygen atoms in total. The predicted molar refractivity (Wildman–Crippen MR) is 126 cm³/mol. The Morgan fingerprint density at radius 2 is 1.52 bits per heavy atom. The number of carboxylic acid groups (broad SMARTS) is 1. The van der Waals surface area contributed by atoms with E-state index in [9.17, 15) is 14.4 Å². The number of carbonyl (C=O) groups is 3. The molecule has 0 fully saturated rings. The van der Waals surface area contributed by atoms with E-state index >= 15 is 0 Å². The number of amides is 2. The Bertz CT molecular complexity index is 982. The van der Waals surface area contributed by atoms with Crippen molar-refractivity contribution in [3.63, 3.8) is 0 Å². The number of carbonyl (C=O) groups excluding carboxylic acids is 2. The second-order valence-electron chi connectivity index (χ2n) is 9.48. The molecule has 0 radical (unpaired) electrons. The van der Waals surface area contributed by atoms with Gasteiger partial charge in [0.15, 0.2) is 0 Å². The molecular weight excluding hydrogens is 420 g/mol. The first-order valence-electron chi connectivity index (χ1n) is 11.3. The molecule has 0 saturated carbocycles. The fourth-order valence-corrected chi connectivity index (χ4v) is 4.23. The molecule has 2 aromatic rings. The second-order valence-corrected chi connectivity index (χ2v) is 9.48. The molecule has 1 aliphatic rings. The number of rotatable bonds is 8. The van der Waals surface area contributed by atoms with Crippen molar-refractivity contribution in [1.82, 2.24) is 10.6 Å². The van der Waals surface area contributed by atoms with Gasteiger partial charge < -0.3 is 20.5 Å². The topological polar surface area (TPSA) is 105 Å². The average Bonchev–Trinajstić information content (AvgIpc) is 3.08. The van der Waals surface area contributed by atoms with Crippen molar-refractivity contribution in [2.24, 2.45) is 5.41 Å². The van der Waals surface area contributed by atoms with Crippen LogP contribution in [0.5, 0.6) is 0 Å². The Balaban J connectivity index is 1.68. The van der Waals surface area contributed by atoms with E-state index in [1.165, 1.54) is 0 Å². The monoisotopic (exact) mass is 452 g/mol. The van der Waals surface area contributed by atoms with Crippen molar-refractivity contribution >= 4 is 18.0 Å². The summed E-state index contributed by atoms with van der Waals surface area (Å²) in [5.41, 5.74) is 3.89. The average molecular weight is 453 g/mol. The first kappa shape index (κ1) is 24.3. The normalized spacial score (nSPS) is 14.5. The number of nitrogens with one attached hydrogen (secondary N) is 2. The van der Waals surface area contributed by atoms with E-state index in [0.717, 1.165) is 22.3 Å². The highest BCUT2D eigenvalue weighted by atomic mass is 16.5. The van der Waals surface area contributed by atoms with Gasteiger partial charge in [-0.15, -0.1) is 0 Å². The van der Waals surface area contributed by atoms with Gasteiger partial charge in [-0.2, -0.15) is 0 Å². The highest BCUT2D eigenvalue weighted by Gasteiger charge is 2.35. The summed E-state index contributed by atoms with van der Waals surface area (Å²) in [6, 6.07) is 14.8. The highest BCUT2D eigenvalue weighted by Crippen LogP contribution is 2.44. The van der Waals surface area contributed by atoms with E-state index in [2.05, 4.69) is 22.8 Å². The summed E-state index contributed by atoms with van der Waals surface area (Å²) < 4.78 is 5.59. The van der Waals surface area contributed by atoms with Gasteiger partial charge in [-0.05, 0) is 34.1 Å². The van der Waals surface area contributed by atoms with Crippen molar-refractivity contribution in [2.75, 3.05) is 6.61 Å². The standard InChI is InChI=1S/C26H32N2O5/c1-5-16(14-22(29)30)27-24(31)23(26(2,3)4)28-25(32)33-15-21-19-12-8-6-10-17(19)18-11-7-9-13-20(18)21/h6-13,16,21,23H,5,14-15H2,1-4H3,(H,27,31)(H,28,32)(H,29,30)/t16?,23-/m1/s1. The van der Waals surface area contributed by atoms with Crippen LogP contribution >= 0.6 is 0 Å². The highest BCUT2D eigenvalue weighted by molar-refractivity contribution is 5.87. The Kier molecular flexibility index (Phi) is 7.41. The van der Waals surface area contributed by atoms with Gasteiger partial charge in [-0.1, -0.05) is 76.2 Å². The van der Waals surface area contributed by atoms with Crippen LogP contribution < -0.4 is 10.6 Å². The van der Waals surface area contributed by atoms with Crippen LogP contribution in [-0.2, 0) is 14.3 Å². The lowest BCUT2D eigenvalue weighted by Gasteiger charge is -2.31. The maximum atomic E-state index is 12.9.